The Hall–Kier alpha value is -1.30. The molecule has 0 radical (unpaired) electrons. The average molecular weight is 227 g/mol. The van der Waals surface area contributed by atoms with E-state index in [2.05, 4.69) is 15.5 Å². The van der Waals surface area contributed by atoms with Crippen molar-refractivity contribution in [1.29, 1.82) is 0 Å². The molecule has 0 spiro atoms. The van der Waals surface area contributed by atoms with Crippen molar-refractivity contribution in [2.24, 2.45) is 0 Å². The lowest BCUT2D eigenvalue weighted by molar-refractivity contribution is -0.135. The van der Waals surface area contributed by atoms with Crippen LogP contribution in [0.25, 0.3) is 0 Å². The van der Waals surface area contributed by atoms with Crippen LogP contribution in [0.2, 0.25) is 0 Å². The van der Waals surface area contributed by atoms with E-state index in [4.69, 9.17) is 5.11 Å². The Kier molecular flexibility index (Phi) is 3.28. The van der Waals surface area contributed by atoms with Crippen LogP contribution in [0.15, 0.2) is 0 Å². The second-order valence-corrected chi connectivity index (χ2v) is 4.43. The van der Waals surface area contributed by atoms with Crippen molar-refractivity contribution in [1.82, 2.24) is 15.5 Å². The van der Waals surface area contributed by atoms with E-state index in [1.54, 1.807) is 0 Å². The van der Waals surface area contributed by atoms with Crippen molar-refractivity contribution in [2.75, 3.05) is 19.6 Å². The summed E-state index contributed by atoms with van der Waals surface area (Å²) in [5, 5.41) is 13.5. The van der Waals surface area contributed by atoms with Crippen LogP contribution in [-0.2, 0) is 4.79 Å². The van der Waals surface area contributed by atoms with Gasteiger partial charge in [-0.05, 0) is 19.3 Å². The van der Waals surface area contributed by atoms with Gasteiger partial charge in [0.25, 0.3) is 0 Å². The monoisotopic (exact) mass is 227 g/mol. The highest BCUT2D eigenvalue weighted by atomic mass is 16.4. The van der Waals surface area contributed by atoms with Crippen LogP contribution in [0.5, 0.6) is 0 Å². The van der Waals surface area contributed by atoms with Crippen molar-refractivity contribution < 1.29 is 14.7 Å². The predicted molar refractivity (Wildman–Crippen MR) is 57.2 cm³/mol. The van der Waals surface area contributed by atoms with Crippen LogP contribution < -0.4 is 10.6 Å². The van der Waals surface area contributed by atoms with Gasteiger partial charge in [0.15, 0.2) is 0 Å². The Labute approximate surface area is 94.0 Å². The maximum absolute atomic E-state index is 11.3. The lowest BCUT2D eigenvalue weighted by atomic mass is 10.3. The number of hydrogen-bond donors (Lipinski definition) is 3. The predicted octanol–water partition coefficient (Wildman–Crippen LogP) is -0.393. The average Bonchev–Trinajstić information content (AvgIpc) is 2.98. The lowest BCUT2D eigenvalue weighted by Gasteiger charge is -2.15. The normalized spacial score (nSPS) is 25.4. The molecule has 1 heterocycles. The van der Waals surface area contributed by atoms with E-state index in [0.29, 0.717) is 0 Å². The van der Waals surface area contributed by atoms with Crippen LogP contribution >= 0.6 is 0 Å². The van der Waals surface area contributed by atoms with Crippen LogP contribution in [0.3, 0.4) is 0 Å². The number of carboxylic acids is 1. The number of carbonyl (C=O) groups is 2. The molecular weight excluding hydrogens is 210 g/mol. The van der Waals surface area contributed by atoms with Gasteiger partial charge < -0.3 is 15.7 Å². The van der Waals surface area contributed by atoms with E-state index in [0.717, 1.165) is 25.6 Å². The Morgan fingerprint density at radius 3 is 2.69 bits per heavy atom. The van der Waals surface area contributed by atoms with Gasteiger partial charge >= 0.3 is 12.0 Å². The fraction of sp³-hybridized carbons (Fsp3) is 0.800. The minimum absolute atomic E-state index is 0.161. The number of carbonyl (C=O) groups excluding carboxylic acids is 1. The molecule has 1 aliphatic heterocycles. The van der Waals surface area contributed by atoms with Gasteiger partial charge in [0.05, 0.1) is 0 Å². The lowest BCUT2D eigenvalue weighted by Crippen LogP contribution is -2.44. The molecule has 2 fully saturated rings. The van der Waals surface area contributed by atoms with Crippen molar-refractivity contribution in [3.8, 4) is 0 Å². The van der Waals surface area contributed by atoms with E-state index in [9.17, 15) is 9.59 Å². The zero-order chi connectivity index (χ0) is 11.5. The number of rotatable bonds is 4. The van der Waals surface area contributed by atoms with E-state index in [1.807, 2.05) is 0 Å². The second-order valence-electron chi connectivity index (χ2n) is 4.43. The molecule has 0 aromatic rings. The molecule has 1 saturated heterocycles. The fourth-order valence-electron chi connectivity index (χ4n) is 2.07. The highest BCUT2D eigenvalue weighted by Gasteiger charge is 2.34. The number of hydrogen-bond acceptors (Lipinski definition) is 3. The number of nitrogens with one attached hydrogen (secondary N) is 2. The molecule has 2 aliphatic rings. The molecule has 16 heavy (non-hydrogen) atoms. The second kappa shape index (κ2) is 4.69. The van der Waals surface area contributed by atoms with E-state index in [-0.39, 0.29) is 18.6 Å². The number of aliphatic carboxylic acids is 1. The third kappa shape index (κ3) is 3.10. The molecule has 90 valence electrons. The maximum atomic E-state index is 11.3. The summed E-state index contributed by atoms with van der Waals surface area (Å²) in [4.78, 5) is 23.9. The molecule has 1 atom stereocenters. The first-order valence-electron chi connectivity index (χ1n) is 5.65. The van der Waals surface area contributed by atoms with Crippen molar-refractivity contribution in [3.63, 3.8) is 0 Å². The molecule has 0 aromatic carbocycles. The zero-order valence-corrected chi connectivity index (χ0v) is 9.11. The van der Waals surface area contributed by atoms with Crippen LogP contribution in [0.1, 0.15) is 19.3 Å². The van der Waals surface area contributed by atoms with E-state index in [1.165, 1.54) is 12.8 Å². The molecule has 0 bridgehead atoms. The Bertz CT molecular complexity index is 291. The zero-order valence-electron chi connectivity index (χ0n) is 9.11. The number of carboxylic acid groups (broad SMARTS) is 1. The maximum Gasteiger partial charge on any atom is 0.323 e. The van der Waals surface area contributed by atoms with Gasteiger partial charge in [-0.1, -0.05) is 0 Å². The first-order valence-corrected chi connectivity index (χ1v) is 5.65. The smallest absolute Gasteiger partial charge is 0.323 e. The first-order chi connectivity index (χ1) is 7.65. The fourth-order valence-corrected chi connectivity index (χ4v) is 2.07. The summed E-state index contributed by atoms with van der Waals surface area (Å²) in [5.41, 5.74) is 0. The topological polar surface area (TPSA) is 81.7 Å². The SMILES string of the molecule is O=C(O)CNC(=O)NC1CCN(C2CC2)C1. The minimum Gasteiger partial charge on any atom is -0.480 e. The van der Waals surface area contributed by atoms with Crippen LogP contribution in [0.4, 0.5) is 4.79 Å². The number of amides is 2. The molecule has 6 nitrogen and oxygen atoms in total. The summed E-state index contributed by atoms with van der Waals surface area (Å²) >= 11 is 0. The summed E-state index contributed by atoms with van der Waals surface area (Å²) in [6, 6.07) is 0.508. The Morgan fingerprint density at radius 1 is 1.31 bits per heavy atom. The van der Waals surface area contributed by atoms with Gasteiger partial charge in [-0.25, -0.2) is 4.79 Å². The number of likely N-dealkylation sites (tertiary alicyclic amines) is 1. The first kappa shape index (κ1) is 11.2. The largest absolute Gasteiger partial charge is 0.480 e. The number of nitrogens with zero attached hydrogens (tertiary/aromatic N) is 1. The molecule has 1 saturated carbocycles. The van der Waals surface area contributed by atoms with E-state index < -0.39 is 5.97 Å². The molecule has 3 N–H and O–H groups in total. The summed E-state index contributed by atoms with van der Waals surface area (Å²) in [6.45, 7) is 1.60. The molecular formula is C10H17N3O3. The summed E-state index contributed by atoms with van der Waals surface area (Å²) in [5.74, 6) is -1.03. The Balaban J connectivity index is 1.65. The van der Waals surface area contributed by atoms with Gasteiger partial charge in [-0.2, -0.15) is 0 Å². The third-order valence-corrected chi connectivity index (χ3v) is 3.02. The van der Waals surface area contributed by atoms with Gasteiger partial charge in [0.2, 0.25) is 0 Å². The molecule has 0 aromatic heterocycles. The quantitative estimate of drug-likeness (QED) is 0.611. The summed E-state index contributed by atoms with van der Waals surface area (Å²) in [6.07, 6.45) is 3.51. The molecule has 6 heteroatoms. The van der Waals surface area contributed by atoms with E-state index >= 15 is 0 Å². The molecule has 2 rings (SSSR count). The molecule has 2 amide bonds. The Morgan fingerprint density at radius 2 is 2.06 bits per heavy atom. The highest BCUT2D eigenvalue weighted by molar-refractivity contribution is 5.80. The van der Waals surface area contributed by atoms with Crippen molar-refractivity contribution in [3.05, 3.63) is 0 Å². The molecule has 1 unspecified atom stereocenters. The highest BCUT2D eigenvalue weighted by Crippen LogP contribution is 2.29. The van der Waals surface area contributed by atoms with Gasteiger partial charge in [0.1, 0.15) is 6.54 Å². The minimum atomic E-state index is -1.03. The van der Waals surface area contributed by atoms with Crippen molar-refractivity contribution >= 4 is 12.0 Å². The van der Waals surface area contributed by atoms with Crippen molar-refractivity contribution in [2.45, 2.75) is 31.3 Å². The van der Waals surface area contributed by atoms with Gasteiger partial charge in [0, 0.05) is 25.2 Å². The van der Waals surface area contributed by atoms with Gasteiger partial charge in [-0.15, -0.1) is 0 Å². The van der Waals surface area contributed by atoms with Crippen LogP contribution in [0, 0.1) is 0 Å². The third-order valence-electron chi connectivity index (χ3n) is 3.02. The van der Waals surface area contributed by atoms with Gasteiger partial charge in [-0.3, -0.25) is 9.69 Å². The standard InChI is InChI=1S/C10H17N3O3/c14-9(15)5-11-10(16)12-7-3-4-13(6-7)8-1-2-8/h7-8H,1-6H2,(H,14,15)(H2,11,12,16). The van der Waals surface area contributed by atoms with Crippen LogP contribution in [-0.4, -0.2) is 53.7 Å². The summed E-state index contributed by atoms with van der Waals surface area (Å²) in [7, 11) is 0. The summed E-state index contributed by atoms with van der Waals surface area (Å²) < 4.78 is 0. The number of urea groups is 1. The molecule has 1 aliphatic carbocycles.